The fraction of sp³-hybridized carbons (Fsp3) is 0.158. The fourth-order valence-electron chi connectivity index (χ4n) is 2.70. The number of para-hydroxylation sites is 1. The molecule has 6 nitrogen and oxygen atoms in total. The second-order valence-electron chi connectivity index (χ2n) is 5.83. The number of nitrogens with one attached hydrogen (secondary N) is 1. The van der Waals surface area contributed by atoms with E-state index in [0.717, 1.165) is 11.3 Å². The highest BCUT2D eigenvalue weighted by Gasteiger charge is 2.18. The van der Waals surface area contributed by atoms with E-state index in [4.69, 9.17) is 0 Å². The topological polar surface area (TPSA) is 76.3 Å². The van der Waals surface area contributed by atoms with Gasteiger partial charge in [-0.15, -0.1) is 0 Å². The molecule has 0 fully saturated rings. The summed E-state index contributed by atoms with van der Waals surface area (Å²) in [6.07, 6.45) is 0.124. The average Bonchev–Trinajstić information content (AvgIpc) is 2.81. The molecule has 0 saturated heterocycles. The van der Waals surface area contributed by atoms with Crippen LogP contribution in [0.5, 0.6) is 5.75 Å². The second-order valence-corrected chi connectivity index (χ2v) is 5.83. The van der Waals surface area contributed by atoms with Crippen molar-refractivity contribution in [1.29, 1.82) is 0 Å². The lowest BCUT2D eigenvalue weighted by molar-refractivity contribution is -0.115. The van der Waals surface area contributed by atoms with Crippen molar-refractivity contribution in [3.8, 4) is 11.4 Å². The molecule has 1 aromatic heterocycles. The number of nitrogens with zero attached hydrogens (tertiary/aromatic N) is 2. The first-order valence-corrected chi connectivity index (χ1v) is 7.89. The maximum Gasteiger partial charge on any atom is 0.295 e. The van der Waals surface area contributed by atoms with Crippen LogP contribution >= 0.6 is 0 Å². The second kappa shape index (κ2) is 6.68. The van der Waals surface area contributed by atoms with E-state index in [-0.39, 0.29) is 29.3 Å². The lowest BCUT2D eigenvalue weighted by Crippen LogP contribution is -2.23. The average molecular weight is 337 g/mol. The van der Waals surface area contributed by atoms with E-state index in [0.29, 0.717) is 5.69 Å². The molecule has 0 aliphatic heterocycles. The van der Waals surface area contributed by atoms with Gasteiger partial charge in [0.2, 0.25) is 5.91 Å². The van der Waals surface area contributed by atoms with E-state index in [1.54, 1.807) is 30.8 Å². The fourth-order valence-corrected chi connectivity index (χ4v) is 2.70. The van der Waals surface area contributed by atoms with Crippen LogP contribution in [0, 0.1) is 6.92 Å². The van der Waals surface area contributed by atoms with Gasteiger partial charge in [0.25, 0.3) is 5.56 Å². The van der Waals surface area contributed by atoms with Crippen molar-refractivity contribution >= 4 is 11.6 Å². The molecule has 0 radical (unpaired) electrons. The van der Waals surface area contributed by atoms with Gasteiger partial charge in [0.05, 0.1) is 17.8 Å². The zero-order valence-corrected chi connectivity index (χ0v) is 14.1. The van der Waals surface area contributed by atoms with Gasteiger partial charge < -0.3 is 10.4 Å². The molecule has 1 heterocycles. The molecule has 0 spiro atoms. The van der Waals surface area contributed by atoms with E-state index in [9.17, 15) is 14.7 Å². The lowest BCUT2D eigenvalue weighted by atomic mass is 10.1. The minimum Gasteiger partial charge on any atom is -0.508 e. The summed E-state index contributed by atoms with van der Waals surface area (Å²) < 4.78 is 3.24. The van der Waals surface area contributed by atoms with Gasteiger partial charge in [0.15, 0.2) is 0 Å². The summed E-state index contributed by atoms with van der Waals surface area (Å²) in [5, 5.41) is 12.0. The van der Waals surface area contributed by atoms with Crippen LogP contribution in [-0.4, -0.2) is 20.4 Å². The summed E-state index contributed by atoms with van der Waals surface area (Å²) in [6.45, 7) is 1.79. The Hall–Kier alpha value is -3.28. The molecule has 0 unspecified atom stereocenters. The normalized spacial score (nSPS) is 10.6. The molecule has 0 atom stereocenters. The molecule has 3 rings (SSSR count). The zero-order chi connectivity index (χ0) is 18.0. The molecule has 2 N–H and O–H groups in total. The maximum absolute atomic E-state index is 12.7. The molecule has 3 aromatic rings. The SMILES string of the molecule is Cc1c(NC(=O)Cc2ccc(O)cc2)c(=O)n(-c2ccccc2)n1C. The number of anilines is 1. The highest BCUT2D eigenvalue weighted by atomic mass is 16.3. The van der Waals surface area contributed by atoms with Crippen molar-refractivity contribution in [2.75, 3.05) is 5.32 Å². The molecule has 0 bridgehead atoms. The minimum atomic E-state index is -0.281. The maximum atomic E-state index is 12.7. The van der Waals surface area contributed by atoms with Crippen LogP contribution in [0.25, 0.3) is 5.69 Å². The first kappa shape index (κ1) is 16.6. The molecule has 1 amide bonds. The molecule has 0 aliphatic rings. The third kappa shape index (κ3) is 3.33. The van der Waals surface area contributed by atoms with Crippen LogP contribution in [0.2, 0.25) is 0 Å². The van der Waals surface area contributed by atoms with E-state index >= 15 is 0 Å². The van der Waals surface area contributed by atoms with Gasteiger partial charge in [-0.05, 0) is 36.8 Å². The van der Waals surface area contributed by atoms with Gasteiger partial charge >= 0.3 is 0 Å². The quantitative estimate of drug-likeness (QED) is 0.767. The lowest BCUT2D eigenvalue weighted by Gasteiger charge is -2.07. The van der Waals surface area contributed by atoms with Crippen LogP contribution < -0.4 is 10.9 Å². The van der Waals surface area contributed by atoms with E-state index in [1.807, 2.05) is 30.3 Å². The number of phenols is 1. The number of aromatic nitrogens is 2. The Morgan fingerprint density at radius 2 is 1.72 bits per heavy atom. The monoisotopic (exact) mass is 337 g/mol. The van der Waals surface area contributed by atoms with E-state index < -0.39 is 0 Å². The Morgan fingerprint density at radius 1 is 1.08 bits per heavy atom. The predicted octanol–water partition coefficient (Wildman–Crippen LogP) is 2.37. The number of hydrogen-bond acceptors (Lipinski definition) is 3. The van der Waals surface area contributed by atoms with Crippen molar-refractivity contribution < 1.29 is 9.90 Å². The van der Waals surface area contributed by atoms with Gasteiger partial charge in [0.1, 0.15) is 11.4 Å². The van der Waals surface area contributed by atoms with Gasteiger partial charge in [-0.3, -0.25) is 14.3 Å². The Labute approximate surface area is 144 Å². The third-order valence-corrected chi connectivity index (χ3v) is 4.12. The molecular weight excluding hydrogens is 318 g/mol. The number of hydrogen-bond donors (Lipinski definition) is 2. The van der Waals surface area contributed by atoms with Crippen LogP contribution in [0.3, 0.4) is 0 Å². The Kier molecular flexibility index (Phi) is 4.43. The molecule has 128 valence electrons. The molecule has 2 aromatic carbocycles. The Bertz CT molecular complexity index is 954. The van der Waals surface area contributed by atoms with Gasteiger partial charge in [-0.25, -0.2) is 4.68 Å². The van der Waals surface area contributed by atoms with Crippen molar-refractivity contribution in [3.63, 3.8) is 0 Å². The molecule has 6 heteroatoms. The summed E-state index contributed by atoms with van der Waals surface area (Å²) in [5.41, 5.74) is 2.16. The summed E-state index contributed by atoms with van der Waals surface area (Å²) in [6, 6.07) is 15.7. The smallest absolute Gasteiger partial charge is 0.295 e. The predicted molar refractivity (Wildman–Crippen MR) is 96.2 cm³/mol. The van der Waals surface area contributed by atoms with Crippen molar-refractivity contribution in [2.45, 2.75) is 13.3 Å². The summed E-state index contributed by atoms with van der Waals surface area (Å²) in [4.78, 5) is 25.0. The molecule has 0 saturated carbocycles. The number of benzene rings is 2. The minimum absolute atomic E-state index is 0.124. The highest BCUT2D eigenvalue weighted by molar-refractivity contribution is 5.92. The number of rotatable bonds is 4. The van der Waals surface area contributed by atoms with E-state index in [2.05, 4.69) is 5.32 Å². The molecule has 25 heavy (non-hydrogen) atoms. The number of carbonyl (C=O) groups is 1. The molecular formula is C19H19N3O3. The van der Waals surface area contributed by atoms with Crippen LogP contribution in [0.15, 0.2) is 59.4 Å². The number of phenolic OH excluding ortho intramolecular Hbond substituents is 1. The van der Waals surface area contributed by atoms with Crippen molar-refractivity contribution in [2.24, 2.45) is 7.05 Å². The van der Waals surface area contributed by atoms with Crippen LogP contribution in [-0.2, 0) is 18.3 Å². The summed E-state index contributed by atoms with van der Waals surface area (Å²) in [5.74, 6) is -0.134. The Morgan fingerprint density at radius 3 is 2.36 bits per heavy atom. The van der Waals surface area contributed by atoms with Crippen molar-refractivity contribution in [3.05, 3.63) is 76.2 Å². The number of carbonyl (C=O) groups excluding carboxylic acids is 1. The van der Waals surface area contributed by atoms with Gasteiger partial charge in [0, 0.05) is 7.05 Å². The number of amides is 1. The standard InChI is InChI=1S/C19H19N3O3/c1-13-18(20-17(24)12-14-8-10-16(23)11-9-14)19(25)22(21(13)2)15-6-4-3-5-7-15/h3-11,23H,12H2,1-2H3,(H,20,24). The zero-order valence-electron chi connectivity index (χ0n) is 14.1. The first-order chi connectivity index (χ1) is 12.0. The molecule has 0 aliphatic carbocycles. The summed E-state index contributed by atoms with van der Waals surface area (Å²) >= 11 is 0. The van der Waals surface area contributed by atoms with Gasteiger partial charge in [-0.1, -0.05) is 30.3 Å². The van der Waals surface area contributed by atoms with Crippen LogP contribution in [0.1, 0.15) is 11.3 Å². The van der Waals surface area contributed by atoms with Crippen molar-refractivity contribution in [1.82, 2.24) is 9.36 Å². The van der Waals surface area contributed by atoms with E-state index in [1.165, 1.54) is 16.8 Å². The third-order valence-electron chi connectivity index (χ3n) is 4.12. The number of aromatic hydroxyl groups is 1. The highest BCUT2D eigenvalue weighted by Crippen LogP contribution is 2.15. The van der Waals surface area contributed by atoms with Gasteiger partial charge in [-0.2, -0.15) is 0 Å². The summed E-state index contributed by atoms with van der Waals surface area (Å²) in [7, 11) is 1.78. The Balaban J connectivity index is 1.87. The first-order valence-electron chi connectivity index (χ1n) is 7.89. The largest absolute Gasteiger partial charge is 0.508 e. The van der Waals surface area contributed by atoms with Crippen LogP contribution in [0.4, 0.5) is 5.69 Å².